The van der Waals surface area contributed by atoms with Crippen LogP contribution in [0, 0.1) is 6.92 Å². The smallest absolute Gasteiger partial charge is 0.213 e. The zero-order valence-electron chi connectivity index (χ0n) is 11.3. The number of nitrogens with zero attached hydrogens (tertiary/aromatic N) is 3. The second-order valence-electron chi connectivity index (χ2n) is 4.66. The minimum Gasteiger partial charge on any atom is -0.287 e. The van der Waals surface area contributed by atoms with Gasteiger partial charge in [0.25, 0.3) is 0 Å². The maximum Gasteiger partial charge on any atom is 0.213 e. The van der Waals surface area contributed by atoms with E-state index in [2.05, 4.69) is 26.2 Å². The first kappa shape index (κ1) is 13.7. The van der Waals surface area contributed by atoms with Gasteiger partial charge in [-0.1, -0.05) is 51.5 Å². The van der Waals surface area contributed by atoms with Crippen LogP contribution in [0.5, 0.6) is 0 Å². The summed E-state index contributed by atoms with van der Waals surface area (Å²) in [6.07, 6.45) is 1.49. The van der Waals surface area contributed by atoms with Gasteiger partial charge in [0, 0.05) is 10.0 Å². The van der Waals surface area contributed by atoms with Crippen LogP contribution < -0.4 is 0 Å². The number of aryl methyl sites for hydroxylation is 1. The molecule has 0 unspecified atom stereocenters. The van der Waals surface area contributed by atoms with Crippen LogP contribution in [0.4, 0.5) is 0 Å². The van der Waals surface area contributed by atoms with Crippen LogP contribution in [0.2, 0.25) is 0 Å². The van der Waals surface area contributed by atoms with E-state index in [1.54, 1.807) is 4.68 Å². The van der Waals surface area contributed by atoms with Crippen molar-refractivity contribution in [2.24, 2.45) is 0 Å². The summed E-state index contributed by atoms with van der Waals surface area (Å²) in [5.74, 6) is -0.107. The largest absolute Gasteiger partial charge is 0.287 e. The molecule has 0 amide bonds. The summed E-state index contributed by atoms with van der Waals surface area (Å²) in [6.45, 7) is 1.98. The molecule has 0 saturated heterocycles. The van der Waals surface area contributed by atoms with Gasteiger partial charge in [-0.3, -0.25) is 4.79 Å². The maximum atomic E-state index is 12.6. The van der Waals surface area contributed by atoms with Gasteiger partial charge in [0.15, 0.2) is 0 Å². The summed E-state index contributed by atoms with van der Waals surface area (Å²) < 4.78 is 2.46. The van der Waals surface area contributed by atoms with Crippen molar-refractivity contribution in [3.8, 4) is 5.69 Å². The first-order valence-corrected chi connectivity index (χ1v) is 7.23. The highest BCUT2D eigenvalue weighted by Gasteiger charge is 2.17. The van der Waals surface area contributed by atoms with E-state index >= 15 is 0 Å². The number of halogens is 1. The molecular formula is C16H12BrN3O. The molecule has 0 spiro atoms. The van der Waals surface area contributed by atoms with E-state index in [1.165, 1.54) is 6.20 Å². The molecule has 3 aromatic rings. The summed E-state index contributed by atoms with van der Waals surface area (Å²) in [6, 6.07) is 15.0. The highest BCUT2D eigenvalue weighted by molar-refractivity contribution is 9.10. The Kier molecular flexibility index (Phi) is 3.66. The minimum absolute atomic E-state index is 0.107. The lowest BCUT2D eigenvalue weighted by Crippen LogP contribution is -2.10. The Morgan fingerprint density at radius 1 is 1.14 bits per heavy atom. The second-order valence-corrected chi connectivity index (χ2v) is 5.51. The molecule has 0 aliphatic heterocycles. The van der Waals surface area contributed by atoms with Gasteiger partial charge in [-0.2, -0.15) is 0 Å². The van der Waals surface area contributed by atoms with Gasteiger partial charge >= 0.3 is 0 Å². The average molecular weight is 342 g/mol. The summed E-state index contributed by atoms with van der Waals surface area (Å²) in [5.41, 5.74) is 2.94. The van der Waals surface area contributed by atoms with Gasteiger partial charge < -0.3 is 0 Å². The van der Waals surface area contributed by atoms with Crippen molar-refractivity contribution < 1.29 is 4.79 Å². The van der Waals surface area contributed by atoms with Gasteiger partial charge in [-0.05, 0) is 30.7 Å². The average Bonchev–Trinajstić information content (AvgIpc) is 2.99. The number of rotatable bonds is 3. The number of para-hydroxylation sites is 1. The van der Waals surface area contributed by atoms with Crippen LogP contribution in [0.25, 0.3) is 5.69 Å². The molecule has 0 N–H and O–H groups in total. The molecule has 0 aliphatic rings. The van der Waals surface area contributed by atoms with E-state index in [-0.39, 0.29) is 5.78 Å². The number of ketones is 1. The Bertz CT molecular complexity index is 796. The first-order valence-electron chi connectivity index (χ1n) is 6.44. The monoisotopic (exact) mass is 341 g/mol. The van der Waals surface area contributed by atoms with Crippen LogP contribution in [-0.4, -0.2) is 20.8 Å². The van der Waals surface area contributed by atoms with Gasteiger partial charge in [0.1, 0.15) is 5.69 Å². The molecule has 0 aliphatic carbocycles. The van der Waals surface area contributed by atoms with Crippen molar-refractivity contribution in [2.75, 3.05) is 0 Å². The molecule has 3 rings (SSSR count). The quantitative estimate of drug-likeness (QED) is 0.684. The first-order chi connectivity index (χ1) is 10.2. The van der Waals surface area contributed by atoms with E-state index in [9.17, 15) is 4.79 Å². The number of hydrogen-bond acceptors (Lipinski definition) is 3. The Balaban J connectivity index is 2.03. The standard InChI is InChI=1S/C16H12BrN3O/c1-11-7-8-12(9-14(11)17)16(21)15-10-18-19-20(15)13-5-3-2-4-6-13/h2-10H,1H3. The Labute approximate surface area is 130 Å². The summed E-state index contributed by atoms with van der Waals surface area (Å²) >= 11 is 3.45. The number of carbonyl (C=O) groups is 1. The maximum absolute atomic E-state index is 12.6. The highest BCUT2D eigenvalue weighted by Crippen LogP contribution is 2.20. The van der Waals surface area contributed by atoms with Gasteiger partial charge in [0.05, 0.1) is 11.9 Å². The molecule has 0 radical (unpaired) electrons. The number of hydrogen-bond donors (Lipinski definition) is 0. The van der Waals surface area contributed by atoms with Crippen LogP contribution in [0.15, 0.2) is 59.2 Å². The topological polar surface area (TPSA) is 47.8 Å². The molecule has 0 atom stereocenters. The second kappa shape index (κ2) is 5.61. The fourth-order valence-electron chi connectivity index (χ4n) is 2.03. The predicted molar refractivity (Wildman–Crippen MR) is 83.7 cm³/mol. The molecular weight excluding hydrogens is 330 g/mol. The third kappa shape index (κ3) is 2.64. The third-order valence-electron chi connectivity index (χ3n) is 3.22. The van der Waals surface area contributed by atoms with Gasteiger partial charge in [-0.25, -0.2) is 4.68 Å². The van der Waals surface area contributed by atoms with Crippen molar-refractivity contribution in [2.45, 2.75) is 6.92 Å². The van der Waals surface area contributed by atoms with Crippen LogP contribution >= 0.6 is 15.9 Å². The molecule has 0 saturated carbocycles. The Morgan fingerprint density at radius 3 is 2.62 bits per heavy atom. The minimum atomic E-state index is -0.107. The normalized spacial score (nSPS) is 10.6. The van der Waals surface area contributed by atoms with E-state index in [1.807, 2.05) is 55.5 Å². The number of aromatic nitrogens is 3. The van der Waals surface area contributed by atoms with Crippen LogP contribution in [-0.2, 0) is 0 Å². The zero-order chi connectivity index (χ0) is 14.8. The summed E-state index contributed by atoms with van der Waals surface area (Å²) in [5, 5.41) is 7.87. The lowest BCUT2D eigenvalue weighted by Gasteiger charge is -2.06. The molecule has 1 heterocycles. The van der Waals surface area contributed by atoms with Crippen molar-refractivity contribution in [1.29, 1.82) is 0 Å². The van der Waals surface area contributed by atoms with Crippen LogP contribution in [0.1, 0.15) is 21.6 Å². The molecule has 2 aromatic carbocycles. The molecule has 0 bridgehead atoms. The molecule has 5 heteroatoms. The SMILES string of the molecule is Cc1ccc(C(=O)c2cnnn2-c2ccccc2)cc1Br. The zero-order valence-corrected chi connectivity index (χ0v) is 12.9. The molecule has 0 fully saturated rings. The van der Waals surface area contributed by atoms with E-state index in [0.29, 0.717) is 11.3 Å². The Hall–Kier alpha value is -2.27. The van der Waals surface area contributed by atoms with Gasteiger partial charge in [0.2, 0.25) is 5.78 Å². The van der Waals surface area contributed by atoms with Crippen LogP contribution in [0.3, 0.4) is 0 Å². The van der Waals surface area contributed by atoms with E-state index in [4.69, 9.17) is 0 Å². The molecule has 1 aromatic heterocycles. The van der Waals surface area contributed by atoms with Crippen molar-refractivity contribution in [3.05, 3.63) is 76.0 Å². The van der Waals surface area contributed by atoms with E-state index < -0.39 is 0 Å². The number of carbonyl (C=O) groups excluding carboxylic acids is 1. The van der Waals surface area contributed by atoms with Crippen molar-refractivity contribution in [3.63, 3.8) is 0 Å². The lowest BCUT2D eigenvalue weighted by atomic mass is 10.1. The molecule has 4 nitrogen and oxygen atoms in total. The van der Waals surface area contributed by atoms with Gasteiger partial charge in [-0.15, -0.1) is 5.10 Å². The lowest BCUT2D eigenvalue weighted by molar-refractivity contribution is 0.103. The summed E-state index contributed by atoms with van der Waals surface area (Å²) in [7, 11) is 0. The highest BCUT2D eigenvalue weighted by atomic mass is 79.9. The van der Waals surface area contributed by atoms with Crippen molar-refractivity contribution >= 4 is 21.7 Å². The fourth-order valence-corrected chi connectivity index (χ4v) is 2.41. The number of benzene rings is 2. The predicted octanol–water partition coefficient (Wildman–Crippen LogP) is 3.57. The third-order valence-corrected chi connectivity index (χ3v) is 4.07. The Morgan fingerprint density at radius 2 is 1.90 bits per heavy atom. The summed E-state index contributed by atoms with van der Waals surface area (Å²) in [4.78, 5) is 12.6. The van der Waals surface area contributed by atoms with E-state index in [0.717, 1.165) is 15.7 Å². The van der Waals surface area contributed by atoms with Crippen molar-refractivity contribution in [1.82, 2.24) is 15.0 Å². The molecule has 21 heavy (non-hydrogen) atoms. The molecule has 104 valence electrons. The fraction of sp³-hybridized carbons (Fsp3) is 0.0625.